The van der Waals surface area contributed by atoms with E-state index in [1.54, 1.807) is 14.0 Å². The van der Waals surface area contributed by atoms with Crippen molar-refractivity contribution in [3.05, 3.63) is 119 Å². The molecule has 0 bridgehead atoms. The Morgan fingerprint density at radius 1 is 0.842 bits per heavy atom. The predicted molar refractivity (Wildman–Crippen MR) is 152 cm³/mol. The highest BCUT2D eigenvalue weighted by atomic mass is 16.5. The van der Waals surface area contributed by atoms with E-state index in [1.165, 1.54) is 5.56 Å². The summed E-state index contributed by atoms with van der Waals surface area (Å²) >= 11 is 0. The van der Waals surface area contributed by atoms with Crippen LogP contribution < -0.4 is 19.4 Å². The van der Waals surface area contributed by atoms with Gasteiger partial charge < -0.3 is 9.47 Å². The number of carbonyl (C=O) groups is 1. The SMILES string of the molecule is COc1cccc(C2N(c3ccccc3)N=C(C(C)=O)N2c2ccc(C)c(C)c2)c1OCc1ccccc1. The Bertz CT molecular complexity index is 1470. The number of Topliss-reactive ketones (excluding diaryl/α,β-unsaturated/α-hetero) is 1. The molecule has 0 fully saturated rings. The predicted octanol–water partition coefficient (Wildman–Crippen LogP) is 6.82. The summed E-state index contributed by atoms with van der Waals surface area (Å²) < 4.78 is 12.2. The van der Waals surface area contributed by atoms with Gasteiger partial charge in [-0.2, -0.15) is 0 Å². The van der Waals surface area contributed by atoms with E-state index >= 15 is 0 Å². The Kier molecular flexibility index (Phi) is 7.13. The third kappa shape index (κ3) is 4.85. The Hall–Kier alpha value is -4.58. The standard InChI is InChI=1S/C32H31N3O3/c1-22-18-19-27(20-23(22)2)34-31(24(3)36)33-35(26-14-9-6-10-15-26)32(34)28-16-11-17-29(37-4)30(28)38-21-25-12-7-5-8-13-25/h5-20,32H,21H2,1-4H3. The van der Waals surface area contributed by atoms with Gasteiger partial charge in [0.05, 0.1) is 12.8 Å². The lowest BCUT2D eigenvalue weighted by Crippen LogP contribution is -2.38. The van der Waals surface area contributed by atoms with Crippen LogP contribution in [0.15, 0.2) is 102 Å². The number of para-hydroxylation sites is 2. The number of amidine groups is 1. The molecule has 0 spiro atoms. The second-order valence-electron chi connectivity index (χ2n) is 9.33. The van der Waals surface area contributed by atoms with Gasteiger partial charge in [-0.25, -0.2) is 5.01 Å². The molecule has 1 atom stereocenters. The molecular weight excluding hydrogens is 474 g/mol. The fraction of sp³-hybridized carbons (Fsp3) is 0.188. The molecule has 0 aromatic heterocycles. The van der Waals surface area contributed by atoms with Gasteiger partial charge in [0.25, 0.3) is 0 Å². The van der Waals surface area contributed by atoms with Crippen molar-refractivity contribution in [2.24, 2.45) is 5.10 Å². The van der Waals surface area contributed by atoms with Gasteiger partial charge >= 0.3 is 0 Å². The molecule has 0 amide bonds. The maximum Gasteiger partial charge on any atom is 0.198 e. The first kappa shape index (κ1) is 25.1. The maximum absolute atomic E-state index is 13.0. The molecule has 0 saturated carbocycles. The number of anilines is 2. The molecule has 0 saturated heterocycles. The quantitative estimate of drug-likeness (QED) is 0.263. The summed E-state index contributed by atoms with van der Waals surface area (Å²) in [6.07, 6.45) is -0.487. The molecular formula is C32H31N3O3. The highest BCUT2D eigenvalue weighted by molar-refractivity contribution is 6.44. The maximum atomic E-state index is 13.0. The molecule has 1 aliphatic heterocycles. The zero-order chi connectivity index (χ0) is 26.6. The van der Waals surface area contributed by atoms with Gasteiger partial charge in [0, 0.05) is 18.2 Å². The highest BCUT2D eigenvalue weighted by Gasteiger charge is 2.41. The number of nitrogens with zero attached hydrogens (tertiary/aromatic N) is 3. The average Bonchev–Trinajstić information content (AvgIpc) is 3.35. The van der Waals surface area contributed by atoms with Gasteiger partial charge in [-0.05, 0) is 60.9 Å². The van der Waals surface area contributed by atoms with Crippen molar-refractivity contribution in [3.8, 4) is 11.5 Å². The van der Waals surface area contributed by atoms with Crippen molar-refractivity contribution in [3.63, 3.8) is 0 Å². The third-order valence-corrected chi connectivity index (χ3v) is 6.74. The molecule has 5 rings (SSSR count). The van der Waals surface area contributed by atoms with E-state index in [2.05, 4.69) is 26.0 Å². The summed E-state index contributed by atoms with van der Waals surface area (Å²) in [6.45, 7) is 6.07. The number of hydrogen-bond donors (Lipinski definition) is 0. The van der Waals surface area contributed by atoms with Crippen LogP contribution in [0.5, 0.6) is 11.5 Å². The second kappa shape index (κ2) is 10.8. The Labute approximate surface area is 223 Å². The lowest BCUT2D eigenvalue weighted by atomic mass is 10.0. The number of hydrogen-bond acceptors (Lipinski definition) is 6. The summed E-state index contributed by atoms with van der Waals surface area (Å²) in [5.74, 6) is 1.46. The van der Waals surface area contributed by atoms with Crippen molar-refractivity contribution in [2.75, 3.05) is 17.0 Å². The molecule has 1 aliphatic rings. The van der Waals surface area contributed by atoms with E-state index in [-0.39, 0.29) is 5.78 Å². The fourth-order valence-corrected chi connectivity index (χ4v) is 4.64. The van der Waals surface area contributed by atoms with Gasteiger partial charge in [0.1, 0.15) is 6.61 Å². The summed E-state index contributed by atoms with van der Waals surface area (Å²) in [4.78, 5) is 15.0. The van der Waals surface area contributed by atoms with Crippen molar-refractivity contribution in [1.82, 2.24) is 0 Å². The number of hydrazone groups is 1. The molecule has 38 heavy (non-hydrogen) atoms. The molecule has 0 radical (unpaired) electrons. The lowest BCUT2D eigenvalue weighted by Gasteiger charge is -2.33. The lowest BCUT2D eigenvalue weighted by molar-refractivity contribution is -0.111. The third-order valence-electron chi connectivity index (χ3n) is 6.74. The Balaban J connectivity index is 1.69. The smallest absolute Gasteiger partial charge is 0.198 e. The van der Waals surface area contributed by atoms with Crippen molar-refractivity contribution < 1.29 is 14.3 Å². The topological polar surface area (TPSA) is 54.4 Å². The van der Waals surface area contributed by atoms with Crippen LogP contribution in [0, 0.1) is 13.8 Å². The first-order chi connectivity index (χ1) is 18.5. The number of ether oxygens (including phenoxy) is 2. The second-order valence-corrected chi connectivity index (χ2v) is 9.33. The molecule has 6 nitrogen and oxygen atoms in total. The van der Waals surface area contributed by atoms with Crippen LogP contribution in [-0.4, -0.2) is 18.7 Å². The highest BCUT2D eigenvalue weighted by Crippen LogP contribution is 2.45. The average molecular weight is 506 g/mol. The van der Waals surface area contributed by atoms with E-state index < -0.39 is 6.17 Å². The minimum atomic E-state index is -0.487. The van der Waals surface area contributed by atoms with Crippen LogP contribution >= 0.6 is 0 Å². The monoisotopic (exact) mass is 505 g/mol. The first-order valence-electron chi connectivity index (χ1n) is 12.6. The summed E-state index contributed by atoms with van der Waals surface area (Å²) in [7, 11) is 1.64. The van der Waals surface area contributed by atoms with Gasteiger partial charge in [0.15, 0.2) is 29.3 Å². The van der Waals surface area contributed by atoms with E-state index in [9.17, 15) is 4.79 Å². The van der Waals surface area contributed by atoms with Crippen LogP contribution in [0.1, 0.15) is 35.3 Å². The molecule has 4 aromatic rings. The van der Waals surface area contributed by atoms with Crippen LogP contribution in [0.2, 0.25) is 0 Å². The molecule has 0 N–H and O–H groups in total. The first-order valence-corrected chi connectivity index (χ1v) is 12.6. The number of aryl methyl sites for hydroxylation is 2. The normalized spacial score (nSPS) is 14.8. The number of carbonyl (C=O) groups excluding carboxylic acids is 1. The summed E-state index contributed by atoms with van der Waals surface area (Å²) in [5, 5.41) is 6.76. The molecule has 6 heteroatoms. The minimum absolute atomic E-state index is 0.124. The molecule has 0 aliphatic carbocycles. The van der Waals surface area contributed by atoms with Gasteiger partial charge in [-0.1, -0.05) is 66.7 Å². The van der Waals surface area contributed by atoms with E-state index in [1.807, 2.05) is 94.8 Å². The van der Waals surface area contributed by atoms with E-state index in [4.69, 9.17) is 14.6 Å². The van der Waals surface area contributed by atoms with Crippen LogP contribution in [0.25, 0.3) is 0 Å². The van der Waals surface area contributed by atoms with Crippen LogP contribution in [-0.2, 0) is 11.4 Å². The summed E-state index contributed by atoms with van der Waals surface area (Å²) in [5.41, 5.74) is 5.93. The number of benzene rings is 4. The van der Waals surface area contributed by atoms with Gasteiger partial charge in [0.2, 0.25) is 0 Å². The van der Waals surface area contributed by atoms with E-state index in [0.717, 1.165) is 28.1 Å². The molecule has 192 valence electrons. The summed E-state index contributed by atoms with van der Waals surface area (Å²) in [6, 6.07) is 31.9. The Morgan fingerprint density at radius 2 is 1.55 bits per heavy atom. The van der Waals surface area contributed by atoms with E-state index in [0.29, 0.717) is 23.9 Å². The number of rotatable bonds is 8. The zero-order valence-electron chi connectivity index (χ0n) is 22.1. The molecule has 1 heterocycles. The van der Waals surface area contributed by atoms with Crippen LogP contribution in [0.4, 0.5) is 11.4 Å². The fourth-order valence-electron chi connectivity index (χ4n) is 4.64. The zero-order valence-corrected chi connectivity index (χ0v) is 22.1. The van der Waals surface area contributed by atoms with Crippen molar-refractivity contribution in [1.29, 1.82) is 0 Å². The van der Waals surface area contributed by atoms with Gasteiger partial charge in [-0.3, -0.25) is 9.69 Å². The van der Waals surface area contributed by atoms with Crippen LogP contribution in [0.3, 0.4) is 0 Å². The van der Waals surface area contributed by atoms with Gasteiger partial charge in [-0.15, -0.1) is 5.10 Å². The number of ketones is 1. The Morgan fingerprint density at radius 3 is 2.21 bits per heavy atom. The van der Waals surface area contributed by atoms with Crippen molar-refractivity contribution >= 4 is 23.0 Å². The molecule has 1 unspecified atom stereocenters. The number of methoxy groups -OCH3 is 1. The molecule has 4 aromatic carbocycles. The minimum Gasteiger partial charge on any atom is -0.493 e. The van der Waals surface area contributed by atoms with Crippen molar-refractivity contribution in [2.45, 2.75) is 33.5 Å². The largest absolute Gasteiger partial charge is 0.493 e.